The highest BCUT2D eigenvalue weighted by Crippen LogP contribution is 2.47. The average molecular weight is 374 g/mol. The van der Waals surface area contributed by atoms with Crippen molar-refractivity contribution in [3.63, 3.8) is 0 Å². The third kappa shape index (κ3) is 3.10. The van der Waals surface area contributed by atoms with Gasteiger partial charge in [-0.15, -0.1) is 0 Å². The number of esters is 1. The Balaban J connectivity index is 1.58. The van der Waals surface area contributed by atoms with Gasteiger partial charge >= 0.3 is 5.97 Å². The number of carbonyl (C=O) groups is 2. The topological polar surface area (TPSA) is 97.3 Å². The maximum Gasteiger partial charge on any atom is 0.337 e. The van der Waals surface area contributed by atoms with Crippen LogP contribution in [0.1, 0.15) is 25.7 Å². The van der Waals surface area contributed by atoms with Crippen molar-refractivity contribution in [3.05, 3.63) is 29.5 Å². The van der Waals surface area contributed by atoms with Gasteiger partial charge in [-0.1, -0.05) is 0 Å². The fourth-order valence-electron chi connectivity index (χ4n) is 3.78. The molecule has 2 N–H and O–H groups in total. The Morgan fingerprint density at radius 3 is 2.74 bits per heavy atom. The highest BCUT2D eigenvalue weighted by atomic mass is 16.7. The molecule has 2 aliphatic heterocycles. The minimum absolute atomic E-state index is 0.0993. The number of ether oxygens (including phenoxy) is 3. The van der Waals surface area contributed by atoms with Crippen LogP contribution in [0.25, 0.3) is 0 Å². The normalized spacial score (nSPS) is 19.9. The molecule has 1 fully saturated rings. The Labute approximate surface area is 156 Å². The Hall–Kier alpha value is -2.74. The summed E-state index contributed by atoms with van der Waals surface area (Å²) in [6.45, 7) is 0.0653. The van der Waals surface area contributed by atoms with E-state index in [9.17, 15) is 9.59 Å². The summed E-state index contributed by atoms with van der Waals surface area (Å²) >= 11 is 0. The van der Waals surface area contributed by atoms with Gasteiger partial charge in [0.1, 0.15) is 5.70 Å². The number of hydrogen-bond acceptors (Lipinski definition) is 7. The number of fused-ring (bicyclic) bond motifs is 1. The molecule has 1 saturated carbocycles. The molecule has 144 valence electrons. The van der Waals surface area contributed by atoms with Gasteiger partial charge in [0.05, 0.1) is 25.8 Å². The molecular weight excluding hydrogens is 352 g/mol. The van der Waals surface area contributed by atoms with E-state index < -0.39 is 11.8 Å². The molecule has 3 aliphatic rings. The van der Waals surface area contributed by atoms with Crippen LogP contribution in [0.5, 0.6) is 11.5 Å². The van der Waals surface area contributed by atoms with Crippen molar-refractivity contribution < 1.29 is 28.9 Å². The van der Waals surface area contributed by atoms with Gasteiger partial charge in [-0.2, -0.15) is 0 Å². The van der Waals surface area contributed by atoms with Crippen LogP contribution in [0.15, 0.2) is 29.5 Å². The van der Waals surface area contributed by atoms with Gasteiger partial charge in [-0.05, 0) is 25.0 Å². The van der Waals surface area contributed by atoms with Crippen LogP contribution in [-0.4, -0.2) is 54.5 Å². The van der Waals surface area contributed by atoms with Gasteiger partial charge in [0.25, 0.3) is 11.7 Å². The maximum atomic E-state index is 12.6. The molecule has 8 nitrogen and oxygen atoms in total. The van der Waals surface area contributed by atoms with Crippen LogP contribution in [-0.2, 0) is 14.3 Å². The van der Waals surface area contributed by atoms with Gasteiger partial charge < -0.3 is 29.5 Å². The number of hydrogen-bond donors (Lipinski definition) is 2. The number of amides is 1. The number of rotatable bonds is 5. The molecule has 8 heteroatoms. The second kappa shape index (κ2) is 6.77. The molecule has 1 aromatic rings. The van der Waals surface area contributed by atoms with E-state index in [1.165, 1.54) is 12.0 Å². The summed E-state index contributed by atoms with van der Waals surface area (Å²) in [6, 6.07) is 5.35. The summed E-state index contributed by atoms with van der Waals surface area (Å²) in [7, 11) is 1.27. The molecule has 0 bridgehead atoms. The molecule has 0 unspecified atom stereocenters. The summed E-state index contributed by atoms with van der Waals surface area (Å²) in [4.78, 5) is 26.1. The quantitative estimate of drug-likeness (QED) is 0.752. The second-order valence-corrected chi connectivity index (χ2v) is 6.90. The van der Waals surface area contributed by atoms with E-state index in [1.54, 1.807) is 18.2 Å². The lowest BCUT2D eigenvalue weighted by molar-refractivity contribution is -0.136. The van der Waals surface area contributed by atoms with Crippen LogP contribution >= 0.6 is 0 Å². The van der Waals surface area contributed by atoms with E-state index >= 15 is 0 Å². The first kappa shape index (κ1) is 17.7. The number of methoxy groups -OCH3 is 1. The van der Waals surface area contributed by atoms with Gasteiger partial charge in [-0.3, -0.25) is 4.79 Å². The first-order valence-corrected chi connectivity index (χ1v) is 9.06. The van der Waals surface area contributed by atoms with Crippen molar-refractivity contribution in [1.82, 2.24) is 4.90 Å². The first-order valence-electron chi connectivity index (χ1n) is 9.06. The predicted molar refractivity (Wildman–Crippen MR) is 95.2 cm³/mol. The summed E-state index contributed by atoms with van der Waals surface area (Å²) < 4.78 is 16.8. The highest BCUT2D eigenvalue weighted by Gasteiger charge is 2.44. The Kier molecular flexibility index (Phi) is 4.43. The number of nitrogens with one attached hydrogen (secondary N) is 1. The fourth-order valence-corrected chi connectivity index (χ4v) is 3.78. The second-order valence-electron chi connectivity index (χ2n) is 6.90. The van der Waals surface area contributed by atoms with E-state index in [2.05, 4.69) is 5.32 Å². The number of β-amino-alcohol motifs (C(OH)–C–C–N with tert-alkyl or cyclic N) is 1. The number of aliphatic hydroxyl groups is 1. The van der Waals surface area contributed by atoms with Crippen LogP contribution in [0.4, 0.5) is 5.69 Å². The molecule has 0 atom stereocenters. The Morgan fingerprint density at radius 1 is 1.30 bits per heavy atom. The van der Waals surface area contributed by atoms with Crippen molar-refractivity contribution in [2.75, 3.05) is 32.1 Å². The Morgan fingerprint density at radius 2 is 2.04 bits per heavy atom. The van der Waals surface area contributed by atoms with Crippen molar-refractivity contribution in [1.29, 1.82) is 0 Å². The molecule has 1 amide bonds. The third-order valence-electron chi connectivity index (χ3n) is 5.12. The molecule has 27 heavy (non-hydrogen) atoms. The van der Waals surface area contributed by atoms with Crippen molar-refractivity contribution in [2.45, 2.75) is 31.5 Å². The number of carbonyl (C=O) groups excluding carboxylic acids is 2. The van der Waals surface area contributed by atoms with E-state index in [0.29, 0.717) is 17.2 Å². The Bertz CT molecular complexity index is 812. The molecule has 0 radical (unpaired) electrons. The maximum absolute atomic E-state index is 12.6. The molecule has 4 rings (SSSR count). The molecular formula is C19H22N2O6. The van der Waals surface area contributed by atoms with E-state index in [1.807, 2.05) is 0 Å². The molecule has 1 aliphatic carbocycles. The zero-order valence-corrected chi connectivity index (χ0v) is 15.1. The molecule has 0 saturated heterocycles. The SMILES string of the molecule is COC(=O)C1=C(Nc2ccc3c(c2)OC2(CCCC2)O3)C(=O)N(CCO)C1. The van der Waals surface area contributed by atoms with Crippen LogP contribution in [0, 0.1) is 0 Å². The van der Waals surface area contributed by atoms with E-state index in [-0.39, 0.29) is 36.9 Å². The first-order chi connectivity index (χ1) is 13.0. The van der Waals surface area contributed by atoms with E-state index in [4.69, 9.17) is 19.3 Å². The average Bonchev–Trinajstić information content (AvgIpc) is 3.35. The van der Waals surface area contributed by atoms with Crippen molar-refractivity contribution in [3.8, 4) is 11.5 Å². The third-order valence-corrected chi connectivity index (χ3v) is 5.12. The van der Waals surface area contributed by atoms with Crippen molar-refractivity contribution >= 4 is 17.6 Å². The van der Waals surface area contributed by atoms with Gasteiger partial charge in [0.15, 0.2) is 11.5 Å². The monoisotopic (exact) mass is 374 g/mol. The summed E-state index contributed by atoms with van der Waals surface area (Å²) in [5.41, 5.74) is 1.01. The minimum atomic E-state index is -0.572. The lowest BCUT2D eigenvalue weighted by Gasteiger charge is -2.21. The van der Waals surface area contributed by atoms with Gasteiger partial charge in [0.2, 0.25) is 0 Å². The summed E-state index contributed by atoms with van der Waals surface area (Å²) in [5.74, 6) is -0.172. The highest BCUT2D eigenvalue weighted by molar-refractivity contribution is 6.08. The lowest BCUT2D eigenvalue weighted by Crippen LogP contribution is -2.34. The zero-order valence-electron chi connectivity index (χ0n) is 15.1. The minimum Gasteiger partial charge on any atom is -0.466 e. The van der Waals surface area contributed by atoms with Crippen LogP contribution in [0.3, 0.4) is 0 Å². The predicted octanol–water partition coefficient (Wildman–Crippen LogP) is 1.40. The number of aliphatic hydroxyl groups excluding tert-OH is 1. The van der Waals surface area contributed by atoms with Gasteiger partial charge in [0, 0.05) is 31.1 Å². The number of benzene rings is 1. The molecule has 0 aromatic heterocycles. The van der Waals surface area contributed by atoms with Crippen LogP contribution < -0.4 is 14.8 Å². The van der Waals surface area contributed by atoms with Gasteiger partial charge in [-0.25, -0.2) is 4.79 Å². The fraction of sp³-hybridized carbons (Fsp3) is 0.474. The number of anilines is 1. The summed E-state index contributed by atoms with van der Waals surface area (Å²) in [6.07, 6.45) is 3.86. The van der Waals surface area contributed by atoms with Crippen molar-refractivity contribution in [2.24, 2.45) is 0 Å². The smallest absolute Gasteiger partial charge is 0.337 e. The molecule has 2 heterocycles. The lowest BCUT2D eigenvalue weighted by atomic mass is 10.2. The number of nitrogens with zero attached hydrogens (tertiary/aromatic N) is 1. The molecule has 1 aromatic carbocycles. The standard InChI is InChI=1S/C19H22N2O6/c1-25-18(24)13-11-21(8-9-22)17(23)16(13)20-12-4-5-14-15(10-12)27-19(26-14)6-2-3-7-19/h4-5,10,20,22H,2-3,6-9,11H2,1H3. The zero-order chi connectivity index (χ0) is 19.0. The molecule has 1 spiro atoms. The summed E-state index contributed by atoms with van der Waals surface area (Å²) in [5, 5.41) is 12.2. The van der Waals surface area contributed by atoms with Crippen LogP contribution in [0.2, 0.25) is 0 Å². The largest absolute Gasteiger partial charge is 0.466 e. The van der Waals surface area contributed by atoms with E-state index in [0.717, 1.165) is 25.7 Å².